The van der Waals surface area contributed by atoms with Gasteiger partial charge in [0.05, 0.1) is 11.0 Å². The van der Waals surface area contributed by atoms with Crippen LogP contribution in [0.3, 0.4) is 0 Å². The Morgan fingerprint density at radius 3 is 2.00 bits per heavy atom. The fraction of sp³-hybridized carbons (Fsp3) is 0.200. The van der Waals surface area contributed by atoms with Crippen LogP contribution in [-0.4, -0.2) is 19.9 Å². The molecule has 2 heterocycles. The van der Waals surface area contributed by atoms with Crippen LogP contribution in [0.2, 0.25) is 10.6 Å². The minimum absolute atomic E-state index is 0. The first-order valence-electron chi connectivity index (χ1n) is 7.73. The monoisotopic (exact) mass is 559 g/mol. The number of aryl methyl sites for hydroxylation is 2. The predicted molar refractivity (Wildman–Crippen MR) is 132 cm³/mol. The summed E-state index contributed by atoms with van der Waals surface area (Å²) in [5.74, 6) is 0.403. The van der Waals surface area contributed by atoms with Crippen LogP contribution in [-0.2, 0) is 0 Å². The highest BCUT2D eigenvalue weighted by atomic mass is 79.9. The van der Waals surface area contributed by atoms with Crippen molar-refractivity contribution < 1.29 is 0 Å². The smallest absolute Gasteiger partial charge is 0.224 e. The Morgan fingerprint density at radius 1 is 0.793 bits per heavy atom. The summed E-state index contributed by atoms with van der Waals surface area (Å²) in [6.07, 6.45) is 1.72. The molecular weight excluding hydrogens is 541 g/mol. The normalized spacial score (nSPS) is 10.0. The van der Waals surface area contributed by atoms with Gasteiger partial charge >= 0.3 is 0 Å². The van der Waals surface area contributed by atoms with Crippen molar-refractivity contribution in [2.75, 3.05) is 5.73 Å². The maximum absolute atomic E-state index is 5.73. The van der Waals surface area contributed by atoms with Gasteiger partial charge in [-0.25, -0.2) is 19.9 Å². The van der Waals surface area contributed by atoms with Gasteiger partial charge in [-0.1, -0.05) is 33.1 Å². The van der Waals surface area contributed by atoms with E-state index in [1.807, 2.05) is 38.1 Å². The number of benzene rings is 2. The number of nitrogen functional groups attached to an aromatic ring is 1. The molecule has 2 aromatic carbocycles. The second kappa shape index (κ2) is 10.5. The van der Waals surface area contributed by atoms with Crippen molar-refractivity contribution in [1.82, 2.24) is 19.9 Å². The lowest BCUT2D eigenvalue weighted by atomic mass is 10.1. The van der Waals surface area contributed by atoms with Gasteiger partial charge in [-0.15, -0.1) is 0 Å². The van der Waals surface area contributed by atoms with Crippen LogP contribution in [0.4, 0.5) is 5.82 Å². The van der Waals surface area contributed by atoms with Crippen LogP contribution in [0.15, 0.2) is 39.4 Å². The molecule has 0 aliphatic rings. The molecule has 0 saturated carbocycles. The van der Waals surface area contributed by atoms with Crippen LogP contribution >= 0.6 is 55.1 Å². The average Bonchev–Trinajstić information content (AvgIpc) is 2.63. The zero-order valence-corrected chi connectivity index (χ0v) is 18.9. The summed E-state index contributed by atoms with van der Waals surface area (Å²) in [5.41, 5.74) is 9.56. The largest absolute Gasteiger partial charge is 0.383 e. The topological polar surface area (TPSA) is 77.6 Å². The molecule has 0 aliphatic carbocycles. The van der Waals surface area contributed by atoms with E-state index < -0.39 is 0 Å². The Kier molecular flexibility index (Phi) is 9.21. The van der Waals surface area contributed by atoms with Crippen molar-refractivity contribution in [3.05, 3.63) is 61.1 Å². The molecular formula is C20H21Br2Cl2N5. The SMILES string of the molecule is C.C.Cc1ccc2c(N)nc(Cl)nc2c1Br.Cc1ccc2cnc(Cl)nc2c1Br. The molecule has 4 aromatic rings. The van der Waals surface area contributed by atoms with E-state index >= 15 is 0 Å². The Hall–Kier alpha value is -1.54. The van der Waals surface area contributed by atoms with Crippen LogP contribution in [0.1, 0.15) is 26.0 Å². The summed E-state index contributed by atoms with van der Waals surface area (Å²) in [6.45, 7) is 4.00. The van der Waals surface area contributed by atoms with E-state index in [4.69, 9.17) is 28.9 Å². The van der Waals surface area contributed by atoms with E-state index in [1.54, 1.807) is 6.20 Å². The zero-order chi connectivity index (χ0) is 19.7. The fourth-order valence-corrected chi connectivity index (χ4v) is 3.59. The summed E-state index contributed by atoms with van der Waals surface area (Å²) in [5, 5.41) is 2.24. The summed E-state index contributed by atoms with van der Waals surface area (Å²) in [7, 11) is 0. The van der Waals surface area contributed by atoms with E-state index in [0.29, 0.717) is 5.82 Å². The van der Waals surface area contributed by atoms with E-state index in [2.05, 4.69) is 51.8 Å². The lowest BCUT2D eigenvalue weighted by Gasteiger charge is -2.05. The molecule has 9 heteroatoms. The van der Waals surface area contributed by atoms with Crippen molar-refractivity contribution in [3.8, 4) is 0 Å². The first-order chi connectivity index (χ1) is 12.8. The van der Waals surface area contributed by atoms with Crippen LogP contribution < -0.4 is 5.73 Å². The summed E-state index contributed by atoms with van der Waals surface area (Å²) in [4.78, 5) is 16.1. The molecule has 0 bridgehead atoms. The molecule has 2 aromatic heterocycles. The molecule has 0 aliphatic heterocycles. The maximum atomic E-state index is 5.73. The van der Waals surface area contributed by atoms with E-state index in [1.165, 1.54) is 0 Å². The quantitative estimate of drug-likeness (QED) is 0.224. The third kappa shape index (κ3) is 5.54. The predicted octanol–water partition coefficient (Wildman–Crippen LogP) is 7.56. The van der Waals surface area contributed by atoms with Crippen molar-refractivity contribution in [1.29, 1.82) is 0 Å². The molecule has 154 valence electrons. The fourth-order valence-electron chi connectivity index (χ4n) is 2.40. The molecule has 0 radical (unpaired) electrons. The molecule has 0 saturated heterocycles. The number of anilines is 1. The first-order valence-corrected chi connectivity index (χ1v) is 10.1. The molecule has 5 nitrogen and oxygen atoms in total. The van der Waals surface area contributed by atoms with Crippen LogP contribution in [0.5, 0.6) is 0 Å². The number of halogens is 4. The van der Waals surface area contributed by atoms with E-state index in [9.17, 15) is 0 Å². The molecule has 0 fully saturated rings. The average molecular weight is 562 g/mol. The highest BCUT2D eigenvalue weighted by Gasteiger charge is 2.08. The second-order valence-corrected chi connectivity index (χ2v) is 8.01. The van der Waals surface area contributed by atoms with E-state index in [0.717, 1.165) is 41.9 Å². The number of fused-ring (bicyclic) bond motifs is 2. The number of rotatable bonds is 0. The Bertz CT molecular complexity index is 1160. The maximum Gasteiger partial charge on any atom is 0.224 e. The molecule has 0 unspecified atom stereocenters. The summed E-state index contributed by atoms with van der Waals surface area (Å²) in [6, 6.07) is 7.84. The van der Waals surface area contributed by atoms with Crippen molar-refractivity contribution in [3.63, 3.8) is 0 Å². The Balaban J connectivity index is 0.000000272. The Labute approximate surface area is 197 Å². The third-order valence-electron chi connectivity index (χ3n) is 3.86. The summed E-state index contributed by atoms with van der Waals surface area (Å²) >= 11 is 18.3. The lowest BCUT2D eigenvalue weighted by molar-refractivity contribution is 1.21. The van der Waals surface area contributed by atoms with E-state index in [-0.39, 0.29) is 25.4 Å². The molecule has 0 spiro atoms. The minimum atomic E-state index is 0. The zero-order valence-electron chi connectivity index (χ0n) is 14.3. The van der Waals surface area contributed by atoms with Gasteiger partial charge in [0.2, 0.25) is 10.6 Å². The van der Waals surface area contributed by atoms with Crippen molar-refractivity contribution in [2.45, 2.75) is 28.7 Å². The first kappa shape index (κ1) is 25.5. The van der Waals surface area contributed by atoms with Gasteiger partial charge in [-0.2, -0.15) is 0 Å². The number of hydrogen-bond donors (Lipinski definition) is 1. The lowest BCUT2D eigenvalue weighted by Crippen LogP contribution is -1.96. The van der Waals surface area contributed by atoms with Crippen molar-refractivity contribution >= 4 is 82.7 Å². The van der Waals surface area contributed by atoms with Gasteiger partial charge in [0.25, 0.3) is 0 Å². The van der Waals surface area contributed by atoms with Crippen LogP contribution in [0.25, 0.3) is 21.8 Å². The molecule has 29 heavy (non-hydrogen) atoms. The highest BCUT2D eigenvalue weighted by Crippen LogP contribution is 2.29. The number of aromatic nitrogens is 4. The minimum Gasteiger partial charge on any atom is -0.383 e. The van der Waals surface area contributed by atoms with Gasteiger partial charge in [0.1, 0.15) is 5.82 Å². The Morgan fingerprint density at radius 2 is 1.34 bits per heavy atom. The number of nitrogens with zero attached hydrogens (tertiary/aromatic N) is 4. The molecule has 4 rings (SSSR count). The van der Waals surface area contributed by atoms with Gasteiger partial charge in [0, 0.05) is 25.9 Å². The number of nitrogens with two attached hydrogens (primary N) is 1. The molecule has 0 amide bonds. The highest BCUT2D eigenvalue weighted by molar-refractivity contribution is 9.11. The van der Waals surface area contributed by atoms with Gasteiger partial charge in [0.15, 0.2) is 0 Å². The third-order valence-corrected chi connectivity index (χ3v) is 6.21. The second-order valence-electron chi connectivity index (χ2n) is 5.74. The van der Waals surface area contributed by atoms with Gasteiger partial charge < -0.3 is 5.73 Å². The molecule has 2 N–H and O–H groups in total. The standard InChI is InChI=1S/C9H7BrClN3.C9H6BrClN2.2CH4/c1-4-2-3-5-7(6(4)10)13-9(11)14-8(5)12;1-5-2-3-6-4-12-9(11)13-8(6)7(5)10;;/h2-3H,1H3,(H2,12,13,14);2-4H,1H3;2*1H4. The molecule has 0 atom stereocenters. The van der Waals surface area contributed by atoms with Gasteiger partial charge in [-0.3, -0.25) is 0 Å². The van der Waals surface area contributed by atoms with Crippen LogP contribution in [0, 0.1) is 13.8 Å². The summed E-state index contributed by atoms with van der Waals surface area (Å²) < 4.78 is 1.89. The van der Waals surface area contributed by atoms with Crippen molar-refractivity contribution in [2.24, 2.45) is 0 Å². The number of hydrogen-bond acceptors (Lipinski definition) is 5. The van der Waals surface area contributed by atoms with Gasteiger partial charge in [-0.05, 0) is 86.1 Å².